The molecule has 3 heteroatoms. The number of hydrogen-bond donors (Lipinski definition) is 0. The Balaban J connectivity index is 2.01. The smallest absolute Gasteiger partial charge is 0.130 e. The third kappa shape index (κ3) is 3.40. The maximum absolute atomic E-state index is 13.7. The third-order valence-corrected chi connectivity index (χ3v) is 3.24. The molecule has 0 heterocycles. The molecule has 2 rings (SSSR count). The first-order valence-corrected chi connectivity index (χ1v) is 6.56. The molecule has 1 nitrogen and oxygen atoms in total. The van der Waals surface area contributed by atoms with Gasteiger partial charge in [0.1, 0.15) is 5.82 Å². The summed E-state index contributed by atoms with van der Waals surface area (Å²) in [6, 6.07) is 14.9. The van der Waals surface area contributed by atoms with E-state index in [-0.39, 0.29) is 11.9 Å². The lowest BCUT2D eigenvalue weighted by molar-refractivity contribution is 0.0502. The lowest BCUT2D eigenvalue weighted by Crippen LogP contribution is -2.03. The fourth-order valence-electron chi connectivity index (χ4n) is 1.72. The molecule has 1 unspecified atom stereocenters. The van der Waals surface area contributed by atoms with Gasteiger partial charge in [-0.25, -0.2) is 4.39 Å². The molecule has 0 fully saturated rings. The number of rotatable bonds is 4. The molecule has 18 heavy (non-hydrogen) atoms. The van der Waals surface area contributed by atoms with Crippen molar-refractivity contribution in [2.45, 2.75) is 19.6 Å². The quantitative estimate of drug-likeness (QED) is 0.783. The van der Waals surface area contributed by atoms with E-state index in [0.717, 1.165) is 10.0 Å². The zero-order valence-corrected chi connectivity index (χ0v) is 11.7. The normalized spacial score (nSPS) is 12.4. The van der Waals surface area contributed by atoms with E-state index in [4.69, 9.17) is 4.74 Å². The summed E-state index contributed by atoms with van der Waals surface area (Å²) in [7, 11) is 0. The van der Waals surface area contributed by atoms with Gasteiger partial charge in [-0.15, -0.1) is 0 Å². The maximum atomic E-state index is 13.7. The van der Waals surface area contributed by atoms with Gasteiger partial charge in [0.2, 0.25) is 0 Å². The van der Waals surface area contributed by atoms with E-state index in [1.807, 2.05) is 43.3 Å². The Labute approximate surface area is 115 Å². The van der Waals surface area contributed by atoms with Gasteiger partial charge in [0, 0.05) is 10.0 Å². The van der Waals surface area contributed by atoms with Gasteiger partial charge in [-0.3, -0.25) is 0 Å². The highest BCUT2D eigenvalue weighted by Crippen LogP contribution is 2.24. The van der Waals surface area contributed by atoms with Crippen LogP contribution in [0.3, 0.4) is 0 Å². The van der Waals surface area contributed by atoms with Gasteiger partial charge in [-0.05, 0) is 24.6 Å². The molecule has 0 saturated heterocycles. The Kier molecular flexibility index (Phi) is 4.50. The summed E-state index contributed by atoms with van der Waals surface area (Å²) in [6.07, 6.45) is -0.265. The Morgan fingerprint density at radius 3 is 2.56 bits per heavy atom. The zero-order valence-electron chi connectivity index (χ0n) is 10.1. The van der Waals surface area contributed by atoms with Crippen molar-refractivity contribution in [3.05, 3.63) is 69.9 Å². The van der Waals surface area contributed by atoms with Crippen LogP contribution in [-0.4, -0.2) is 0 Å². The van der Waals surface area contributed by atoms with Gasteiger partial charge in [-0.1, -0.05) is 52.3 Å². The molecule has 0 spiro atoms. The summed E-state index contributed by atoms with van der Waals surface area (Å²) in [5.74, 6) is -0.245. The fourth-order valence-corrected chi connectivity index (χ4v) is 2.05. The lowest BCUT2D eigenvalue weighted by atomic mass is 10.1. The summed E-state index contributed by atoms with van der Waals surface area (Å²) < 4.78 is 20.1. The summed E-state index contributed by atoms with van der Waals surface area (Å²) in [5.41, 5.74) is 1.66. The summed E-state index contributed by atoms with van der Waals surface area (Å²) in [4.78, 5) is 0. The van der Waals surface area contributed by atoms with Gasteiger partial charge in [0.25, 0.3) is 0 Å². The SMILES string of the molecule is CC(OCc1ccccc1)c1ccc(Br)cc1F. The zero-order chi connectivity index (χ0) is 13.0. The Morgan fingerprint density at radius 2 is 1.89 bits per heavy atom. The highest BCUT2D eigenvalue weighted by Gasteiger charge is 2.11. The predicted molar refractivity (Wildman–Crippen MR) is 73.7 cm³/mol. The number of benzene rings is 2. The monoisotopic (exact) mass is 308 g/mol. The highest BCUT2D eigenvalue weighted by atomic mass is 79.9. The second kappa shape index (κ2) is 6.12. The minimum absolute atomic E-state index is 0.245. The molecule has 0 bridgehead atoms. The van der Waals surface area contributed by atoms with E-state index < -0.39 is 0 Å². The first-order valence-electron chi connectivity index (χ1n) is 5.77. The molecule has 0 aliphatic rings. The van der Waals surface area contributed by atoms with Crippen LogP contribution in [0, 0.1) is 5.82 Å². The molecule has 0 aliphatic carbocycles. The topological polar surface area (TPSA) is 9.23 Å². The molecule has 94 valence electrons. The predicted octanol–water partition coefficient (Wildman–Crippen LogP) is 4.87. The molecule has 1 atom stereocenters. The average molecular weight is 309 g/mol. The van der Waals surface area contributed by atoms with E-state index in [1.54, 1.807) is 6.07 Å². The Morgan fingerprint density at radius 1 is 1.17 bits per heavy atom. The largest absolute Gasteiger partial charge is 0.369 e. The van der Waals surface area contributed by atoms with Crippen LogP contribution in [0.25, 0.3) is 0 Å². The number of halogens is 2. The summed E-state index contributed by atoms with van der Waals surface area (Å²) in [6.45, 7) is 2.34. The Hall–Kier alpha value is -1.19. The Bertz CT molecular complexity index is 513. The van der Waals surface area contributed by atoms with Crippen LogP contribution in [0.2, 0.25) is 0 Å². The minimum atomic E-state index is -0.265. The van der Waals surface area contributed by atoms with Crippen LogP contribution in [0.1, 0.15) is 24.2 Å². The van der Waals surface area contributed by atoms with Crippen molar-refractivity contribution in [3.8, 4) is 0 Å². The van der Waals surface area contributed by atoms with Crippen molar-refractivity contribution in [1.82, 2.24) is 0 Å². The molecule has 0 saturated carbocycles. The van der Waals surface area contributed by atoms with Crippen molar-refractivity contribution in [2.24, 2.45) is 0 Å². The first kappa shape index (κ1) is 13.2. The molecule has 2 aromatic carbocycles. The molecule has 0 radical (unpaired) electrons. The van der Waals surface area contributed by atoms with Crippen molar-refractivity contribution in [1.29, 1.82) is 0 Å². The van der Waals surface area contributed by atoms with Gasteiger partial charge < -0.3 is 4.74 Å². The van der Waals surface area contributed by atoms with Crippen molar-refractivity contribution in [3.63, 3.8) is 0 Å². The van der Waals surface area contributed by atoms with E-state index >= 15 is 0 Å². The van der Waals surface area contributed by atoms with Crippen LogP contribution in [0.15, 0.2) is 53.0 Å². The van der Waals surface area contributed by atoms with Gasteiger partial charge >= 0.3 is 0 Å². The van der Waals surface area contributed by atoms with Crippen LogP contribution in [0.5, 0.6) is 0 Å². The third-order valence-electron chi connectivity index (χ3n) is 2.74. The van der Waals surface area contributed by atoms with E-state index in [2.05, 4.69) is 15.9 Å². The molecule has 0 amide bonds. The molecule has 0 aliphatic heterocycles. The van der Waals surface area contributed by atoms with Gasteiger partial charge in [0.15, 0.2) is 0 Å². The van der Waals surface area contributed by atoms with Gasteiger partial charge in [-0.2, -0.15) is 0 Å². The van der Waals surface area contributed by atoms with Gasteiger partial charge in [0.05, 0.1) is 12.7 Å². The molecule has 0 N–H and O–H groups in total. The summed E-state index contributed by atoms with van der Waals surface area (Å²) >= 11 is 3.24. The van der Waals surface area contributed by atoms with Crippen LogP contribution in [-0.2, 0) is 11.3 Å². The molecule has 0 aromatic heterocycles. The standard InChI is InChI=1S/C15H14BrFO/c1-11(14-8-7-13(16)9-15(14)17)18-10-12-5-3-2-4-6-12/h2-9,11H,10H2,1H3. The van der Waals surface area contributed by atoms with E-state index in [9.17, 15) is 4.39 Å². The molecular formula is C15H14BrFO. The maximum Gasteiger partial charge on any atom is 0.130 e. The van der Waals surface area contributed by atoms with Crippen LogP contribution < -0.4 is 0 Å². The molecule has 2 aromatic rings. The van der Waals surface area contributed by atoms with E-state index in [1.165, 1.54) is 6.07 Å². The number of ether oxygens (including phenoxy) is 1. The van der Waals surface area contributed by atoms with Crippen molar-refractivity contribution < 1.29 is 9.13 Å². The van der Waals surface area contributed by atoms with E-state index in [0.29, 0.717) is 12.2 Å². The molecular weight excluding hydrogens is 295 g/mol. The fraction of sp³-hybridized carbons (Fsp3) is 0.200. The van der Waals surface area contributed by atoms with Crippen molar-refractivity contribution >= 4 is 15.9 Å². The number of hydrogen-bond acceptors (Lipinski definition) is 1. The van der Waals surface area contributed by atoms with Crippen LogP contribution in [0.4, 0.5) is 4.39 Å². The lowest BCUT2D eigenvalue weighted by Gasteiger charge is -2.14. The van der Waals surface area contributed by atoms with Crippen LogP contribution >= 0.6 is 15.9 Å². The first-order chi connectivity index (χ1) is 8.66. The average Bonchev–Trinajstić information content (AvgIpc) is 2.37. The second-order valence-corrected chi connectivity index (χ2v) is 5.02. The highest BCUT2D eigenvalue weighted by molar-refractivity contribution is 9.10. The van der Waals surface area contributed by atoms with Crippen molar-refractivity contribution in [2.75, 3.05) is 0 Å². The second-order valence-electron chi connectivity index (χ2n) is 4.10. The summed E-state index contributed by atoms with van der Waals surface area (Å²) in [5, 5.41) is 0. The minimum Gasteiger partial charge on any atom is -0.369 e.